The van der Waals surface area contributed by atoms with Crippen molar-refractivity contribution in [2.45, 2.75) is 32.9 Å². The van der Waals surface area contributed by atoms with Gasteiger partial charge in [-0.05, 0) is 42.7 Å². The molecule has 0 saturated carbocycles. The summed E-state index contributed by atoms with van der Waals surface area (Å²) in [7, 11) is 1.60. The summed E-state index contributed by atoms with van der Waals surface area (Å²) in [6.07, 6.45) is 0.909. The van der Waals surface area contributed by atoms with Crippen LogP contribution in [0.5, 0.6) is 5.75 Å². The van der Waals surface area contributed by atoms with Gasteiger partial charge in [0.25, 0.3) is 5.89 Å². The predicted octanol–water partition coefficient (Wildman–Crippen LogP) is 6.14. The fraction of sp³-hybridized carbons (Fsp3) is 0.207. The monoisotopic (exact) mass is 498 g/mol. The number of ether oxygens (including phenoxy) is 1. The number of urea groups is 1. The van der Waals surface area contributed by atoms with Gasteiger partial charge in [0.15, 0.2) is 0 Å². The highest BCUT2D eigenvalue weighted by Gasteiger charge is 2.36. The van der Waals surface area contributed by atoms with Crippen molar-refractivity contribution in [1.29, 1.82) is 0 Å². The average Bonchev–Trinajstić information content (AvgIpc) is 3.41. The smallest absolute Gasteiger partial charge is 0.322 e. The van der Waals surface area contributed by atoms with Gasteiger partial charge in [0.1, 0.15) is 11.6 Å². The standard InChI is InChI=1S/C29H27FN4O3/c1-4-19-12-14-20(15-13-19)26-25(28-32-27(33-37-28)21-9-7-10-23(30)16-21)18(2)34(29(35)31-26)17-22-8-5-6-11-24(22)36-3/h5-16,26H,4,17H2,1-3H3,(H,31,35). The fourth-order valence-corrected chi connectivity index (χ4v) is 4.53. The molecule has 0 fully saturated rings. The van der Waals surface area contributed by atoms with E-state index >= 15 is 0 Å². The second kappa shape index (κ2) is 10.3. The Bertz CT molecular complexity index is 1460. The van der Waals surface area contributed by atoms with E-state index in [2.05, 4.69) is 22.4 Å². The molecule has 2 amide bonds. The van der Waals surface area contributed by atoms with Gasteiger partial charge >= 0.3 is 6.03 Å². The van der Waals surface area contributed by atoms with E-state index in [1.165, 1.54) is 17.7 Å². The summed E-state index contributed by atoms with van der Waals surface area (Å²) < 4.78 is 25.0. The maximum Gasteiger partial charge on any atom is 0.322 e. The van der Waals surface area contributed by atoms with Crippen LogP contribution in [0, 0.1) is 5.82 Å². The first-order valence-electron chi connectivity index (χ1n) is 12.1. The number of aromatic nitrogens is 2. The molecule has 0 spiro atoms. The van der Waals surface area contributed by atoms with E-state index in [0.717, 1.165) is 17.5 Å². The van der Waals surface area contributed by atoms with Gasteiger partial charge in [-0.15, -0.1) is 0 Å². The van der Waals surface area contributed by atoms with Gasteiger partial charge in [0.05, 0.1) is 25.3 Å². The van der Waals surface area contributed by atoms with Gasteiger partial charge in [-0.1, -0.05) is 66.7 Å². The Hall–Kier alpha value is -4.46. The second-order valence-electron chi connectivity index (χ2n) is 8.81. The fourth-order valence-electron chi connectivity index (χ4n) is 4.53. The van der Waals surface area contributed by atoms with Crippen molar-refractivity contribution in [3.8, 4) is 17.1 Å². The van der Waals surface area contributed by atoms with Crippen molar-refractivity contribution in [3.05, 3.63) is 107 Å². The normalized spacial score (nSPS) is 15.6. The van der Waals surface area contributed by atoms with Gasteiger partial charge in [-0.2, -0.15) is 4.98 Å². The molecule has 7 nitrogen and oxygen atoms in total. The highest BCUT2D eigenvalue weighted by atomic mass is 19.1. The van der Waals surface area contributed by atoms with Crippen LogP contribution in [0.25, 0.3) is 17.0 Å². The molecular weight excluding hydrogens is 471 g/mol. The third-order valence-corrected chi connectivity index (χ3v) is 6.58. The molecule has 0 bridgehead atoms. The Balaban J connectivity index is 1.60. The first kappa shape index (κ1) is 24.2. The van der Waals surface area contributed by atoms with E-state index in [9.17, 15) is 9.18 Å². The highest BCUT2D eigenvalue weighted by molar-refractivity contribution is 5.87. The molecule has 0 aliphatic carbocycles. The van der Waals surface area contributed by atoms with Crippen molar-refractivity contribution >= 4 is 11.6 Å². The molecule has 1 atom stereocenters. The first-order chi connectivity index (χ1) is 18.0. The molecular formula is C29H27FN4O3. The van der Waals surface area contributed by atoms with Crippen molar-refractivity contribution in [3.63, 3.8) is 0 Å². The summed E-state index contributed by atoms with van der Waals surface area (Å²) in [6, 6.07) is 20.9. The van der Waals surface area contributed by atoms with Crippen LogP contribution in [0.2, 0.25) is 0 Å². The number of halogens is 1. The lowest BCUT2D eigenvalue weighted by Gasteiger charge is -2.35. The van der Waals surface area contributed by atoms with Crippen LogP contribution in [-0.4, -0.2) is 28.2 Å². The van der Waals surface area contributed by atoms with E-state index < -0.39 is 6.04 Å². The number of methoxy groups -OCH3 is 1. The summed E-state index contributed by atoms with van der Waals surface area (Å²) >= 11 is 0. The van der Waals surface area contributed by atoms with Crippen LogP contribution in [0.1, 0.15) is 42.5 Å². The summed E-state index contributed by atoms with van der Waals surface area (Å²) in [5.74, 6) is 0.823. The molecule has 188 valence electrons. The molecule has 1 aliphatic heterocycles. The maximum absolute atomic E-state index is 13.8. The number of nitrogens with zero attached hydrogens (tertiary/aromatic N) is 3. The molecule has 1 aromatic heterocycles. The van der Waals surface area contributed by atoms with Crippen molar-refractivity contribution in [2.24, 2.45) is 0 Å². The van der Waals surface area contributed by atoms with Crippen LogP contribution in [0.15, 0.2) is 83.0 Å². The van der Waals surface area contributed by atoms with E-state index in [-0.39, 0.29) is 30.1 Å². The Kier molecular flexibility index (Phi) is 6.72. The zero-order valence-corrected chi connectivity index (χ0v) is 20.9. The number of allylic oxidation sites excluding steroid dienone is 1. The van der Waals surface area contributed by atoms with Crippen LogP contribution < -0.4 is 10.1 Å². The highest BCUT2D eigenvalue weighted by Crippen LogP contribution is 2.38. The third kappa shape index (κ3) is 4.82. The summed E-state index contributed by atoms with van der Waals surface area (Å²) in [6.45, 7) is 4.25. The lowest BCUT2D eigenvalue weighted by atomic mass is 9.93. The zero-order chi connectivity index (χ0) is 25.9. The largest absolute Gasteiger partial charge is 0.496 e. The molecule has 0 radical (unpaired) electrons. The lowest BCUT2D eigenvalue weighted by Crippen LogP contribution is -2.45. The van der Waals surface area contributed by atoms with Gasteiger partial charge in [0.2, 0.25) is 5.82 Å². The van der Waals surface area contributed by atoms with E-state index in [4.69, 9.17) is 9.26 Å². The van der Waals surface area contributed by atoms with E-state index in [0.29, 0.717) is 22.6 Å². The van der Waals surface area contributed by atoms with Crippen molar-refractivity contribution in [1.82, 2.24) is 20.4 Å². The zero-order valence-electron chi connectivity index (χ0n) is 20.9. The number of hydrogen-bond donors (Lipinski definition) is 1. The number of hydrogen-bond acceptors (Lipinski definition) is 5. The Morgan fingerprint density at radius 3 is 2.59 bits per heavy atom. The number of carbonyl (C=O) groups is 1. The number of amides is 2. The number of benzene rings is 3. The Morgan fingerprint density at radius 2 is 1.86 bits per heavy atom. The average molecular weight is 499 g/mol. The minimum absolute atomic E-state index is 0.249. The number of aryl methyl sites for hydroxylation is 1. The molecule has 1 unspecified atom stereocenters. The lowest BCUT2D eigenvalue weighted by molar-refractivity contribution is 0.202. The molecule has 8 heteroatoms. The SMILES string of the molecule is CCc1ccc(C2NC(=O)N(Cc3ccccc3OC)C(C)=C2c2nc(-c3cccc(F)c3)no2)cc1. The predicted molar refractivity (Wildman–Crippen MR) is 138 cm³/mol. The van der Waals surface area contributed by atoms with Gasteiger partial charge < -0.3 is 14.6 Å². The quantitative estimate of drug-likeness (QED) is 0.331. The topological polar surface area (TPSA) is 80.5 Å². The summed E-state index contributed by atoms with van der Waals surface area (Å²) in [5.41, 5.74) is 4.79. The Labute approximate surface area is 214 Å². The number of rotatable bonds is 7. The van der Waals surface area contributed by atoms with Crippen molar-refractivity contribution < 1.29 is 18.4 Å². The van der Waals surface area contributed by atoms with Crippen LogP contribution in [0.4, 0.5) is 9.18 Å². The summed E-state index contributed by atoms with van der Waals surface area (Å²) in [5, 5.41) is 7.23. The molecule has 1 N–H and O–H groups in total. The molecule has 1 aliphatic rings. The maximum atomic E-state index is 13.8. The van der Waals surface area contributed by atoms with Crippen LogP contribution >= 0.6 is 0 Å². The number of para-hydroxylation sites is 1. The molecule has 0 saturated heterocycles. The molecule has 37 heavy (non-hydrogen) atoms. The minimum atomic E-state index is -0.506. The summed E-state index contributed by atoms with van der Waals surface area (Å²) in [4.78, 5) is 19.6. The number of carbonyl (C=O) groups excluding carboxylic acids is 1. The number of nitrogens with one attached hydrogen (secondary N) is 1. The molecule has 3 aromatic carbocycles. The second-order valence-corrected chi connectivity index (χ2v) is 8.81. The third-order valence-electron chi connectivity index (χ3n) is 6.58. The molecule has 2 heterocycles. The Morgan fingerprint density at radius 1 is 1.08 bits per heavy atom. The van der Waals surface area contributed by atoms with Crippen LogP contribution in [0.3, 0.4) is 0 Å². The van der Waals surface area contributed by atoms with Crippen LogP contribution in [-0.2, 0) is 13.0 Å². The minimum Gasteiger partial charge on any atom is -0.496 e. The van der Waals surface area contributed by atoms with E-state index in [1.807, 2.05) is 55.5 Å². The van der Waals surface area contributed by atoms with Gasteiger partial charge in [0, 0.05) is 16.8 Å². The van der Waals surface area contributed by atoms with Gasteiger partial charge in [-0.25, -0.2) is 9.18 Å². The van der Waals surface area contributed by atoms with E-state index in [1.54, 1.807) is 24.1 Å². The molecule has 4 aromatic rings. The molecule has 5 rings (SSSR count). The first-order valence-corrected chi connectivity index (χ1v) is 12.1. The van der Waals surface area contributed by atoms with Gasteiger partial charge in [-0.3, -0.25) is 4.90 Å². The van der Waals surface area contributed by atoms with Crippen molar-refractivity contribution in [2.75, 3.05) is 7.11 Å².